The first-order valence-electron chi connectivity index (χ1n) is 9.12. The number of amides is 1. The average molecular weight is 333 g/mol. The van der Waals surface area contributed by atoms with Gasteiger partial charge in [-0.15, -0.1) is 0 Å². The topological polar surface area (TPSA) is 47.6 Å². The summed E-state index contributed by atoms with van der Waals surface area (Å²) in [6.45, 7) is 10.00. The molecule has 134 valence electrons. The third kappa shape index (κ3) is 5.73. The van der Waals surface area contributed by atoms with Gasteiger partial charge in [-0.1, -0.05) is 46.2 Å². The van der Waals surface area contributed by atoms with Gasteiger partial charge in [0.2, 0.25) is 6.10 Å². The van der Waals surface area contributed by atoms with Gasteiger partial charge in [0.1, 0.15) is 6.61 Å². The highest BCUT2D eigenvalue weighted by Crippen LogP contribution is 2.30. The number of para-hydroxylation sites is 2. The Labute approximate surface area is 145 Å². The van der Waals surface area contributed by atoms with E-state index in [4.69, 9.17) is 9.47 Å². The molecule has 1 aromatic carbocycles. The molecule has 4 heteroatoms. The van der Waals surface area contributed by atoms with Crippen LogP contribution in [-0.4, -0.2) is 25.2 Å². The van der Waals surface area contributed by atoms with Crippen LogP contribution in [0.4, 0.5) is 0 Å². The third-order valence-electron chi connectivity index (χ3n) is 4.45. The van der Waals surface area contributed by atoms with Gasteiger partial charge in [-0.05, 0) is 42.7 Å². The Bertz CT molecular complexity index is 529. The Morgan fingerprint density at radius 1 is 1.12 bits per heavy atom. The zero-order valence-corrected chi connectivity index (χ0v) is 15.4. The maximum atomic E-state index is 12.3. The van der Waals surface area contributed by atoms with Crippen LogP contribution in [-0.2, 0) is 4.79 Å². The highest BCUT2D eigenvalue weighted by Gasteiger charge is 2.27. The second-order valence-corrected chi connectivity index (χ2v) is 7.53. The molecule has 0 bridgehead atoms. The molecular weight excluding hydrogens is 302 g/mol. The van der Waals surface area contributed by atoms with Crippen molar-refractivity contribution in [2.45, 2.75) is 53.1 Å². The van der Waals surface area contributed by atoms with Crippen LogP contribution in [0.2, 0.25) is 0 Å². The molecule has 0 aliphatic carbocycles. The molecule has 1 aliphatic rings. The first kappa shape index (κ1) is 18.6. The van der Waals surface area contributed by atoms with Crippen molar-refractivity contribution in [1.29, 1.82) is 0 Å². The van der Waals surface area contributed by atoms with Gasteiger partial charge in [-0.25, -0.2) is 0 Å². The Balaban J connectivity index is 1.70. The Morgan fingerprint density at radius 3 is 2.50 bits per heavy atom. The molecule has 0 saturated heterocycles. The lowest BCUT2D eigenvalue weighted by Gasteiger charge is -2.26. The van der Waals surface area contributed by atoms with Crippen molar-refractivity contribution in [2.75, 3.05) is 13.2 Å². The number of carbonyl (C=O) groups is 1. The van der Waals surface area contributed by atoms with E-state index in [1.807, 2.05) is 24.3 Å². The molecule has 0 saturated carbocycles. The highest BCUT2D eigenvalue weighted by molar-refractivity contribution is 5.81. The first-order valence-corrected chi connectivity index (χ1v) is 9.12. The van der Waals surface area contributed by atoms with E-state index in [1.54, 1.807) is 0 Å². The van der Waals surface area contributed by atoms with E-state index in [1.165, 1.54) is 12.8 Å². The fourth-order valence-electron chi connectivity index (χ4n) is 3.13. The van der Waals surface area contributed by atoms with Gasteiger partial charge in [0.05, 0.1) is 0 Å². The zero-order valence-electron chi connectivity index (χ0n) is 15.4. The van der Waals surface area contributed by atoms with Crippen molar-refractivity contribution in [1.82, 2.24) is 5.32 Å². The molecule has 0 spiro atoms. The minimum atomic E-state index is -0.563. The number of carbonyl (C=O) groups excluding carboxylic acids is 1. The summed E-state index contributed by atoms with van der Waals surface area (Å²) in [4.78, 5) is 12.3. The molecule has 24 heavy (non-hydrogen) atoms. The second kappa shape index (κ2) is 8.95. The Hall–Kier alpha value is -1.71. The van der Waals surface area contributed by atoms with Crippen molar-refractivity contribution in [2.24, 2.45) is 17.8 Å². The summed E-state index contributed by atoms with van der Waals surface area (Å²) in [5.74, 6) is 3.22. The van der Waals surface area contributed by atoms with Crippen LogP contribution in [0.3, 0.4) is 0 Å². The van der Waals surface area contributed by atoms with Crippen molar-refractivity contribution < 1.29 is 14.3 Å². The molecule has 1 heterocycles. The summed E-state index contributed by atoms with van der Waals surface area (Å²) in [5.41, 5.74) is 0. The molecule has 0 aromatic heterocycles. The minimum absolute atomic E-state index is 0.0911. The number of ether oxygens (including phenoxy) is 2. The quantitative estimate of drug-likeness (QED) is 0.781. The number of fused-ring (bicyclic) bond motifs is 1. The van der Waals surface area contributed by atoms with Crippen LogP contribution in [0.15, 0.2) is 24.3 Å². The van der Waals surface area contributed by atoms with Crippen molar-refractivity contribution >= 4 is 5.91 Å². The standard InChI is InChI=1S/C20H31NO3/c1-14(2)11-15(3)9-10-16(4)12-21-20(22)19-13-23-17-7-5-6-8-18(17)24-19/h5-8,14-16,19H,9-13H2,1-4H3,(H,21,22). The number of rotatable bonds is 8. The summed E-state index contributed by atoms with van der Waals surface area (Å²) in [7, 11) is 0. The molecule has 1 aromatic rings. The molecule has 1 N–H and O–H groups in total. The van der Waals surface area contributed by atoms with Crippen LogP contribution >= 0.6 is 0 Å². The van der Waals surface area contributed by atoms with Crippen LogP contribution in [0.1, 0.15) is 47.0 Å². The average Bonchev–Trinajstić information content (AvgIpc) is 2.56. The van der Waals surface area contributed by atoms with E-state index in [0.717, 1.165) is 18.3 Å². The van der Waals surface area contributed by atoms with Crippen molar-refractivity contribution in [3.05, 3.63) is 24.3 Å². The summed E-state index contributed by atoms with van der Waals surface area (Å²) in [6, 6.07) is 7.45. The van der Waals surface area contributed by atoms with Crippen molar-refractivity contribution in [3.63, 3.8) is 0 Å². The minimum Gasteiger partial charge on any atom is -0.485 e. The number of hydrogen-bond acceptors (Lipinski definition) is 3. The first-order chi connectivity index (χ1) is 11.5. The third-order valence-corrected chi connectivity index (χ3v) is 4.45. The molecule has 0 radical (unpaired) electrons. The number of benzene rings is 1. The molecule has 4 nitrogen and oxygen atoms in total. The Kier molecular flexibility index (Phi) is 6.95. The van der Waals surface area contributed by atoms with Gasteiger partial charge in [-0.3, -0.25) is 4.79 Å². The fourth-order valence-corrected chi connectivity index (χ4v) is 3.13. The van der Waals surface area contributed by atoms with Gasteiger partial charge in [-0.2, -0.15) is 0 Å². The number of hydrogen-bond donors (Lipinski definition) is 1. The summed E-state index contributed by atoms with van der Waals surface area (Å²) in [5, 5.41) is 3.00. The van der Waals surface area contributed by atoms with Crippen LogP contribution in [0, 0.1) is 17.8 Å². The van der Waals surface area contributed by atoms with Gasteiger partial charge < -0.3 is 14.8 Å². The zero-order chi connectivity index (χ0) is 17.5. The monoisotopic (exact) mass is 333 g/mol. The summed E-state index contributed by atoms with van der Waals surface area (Å²) in [6.07, 6.45) is 3.06. The highest BCUT2D eigenvalue weighted by atomic mass is 16.6. The number of nitrogens with one attached hydrogen (secondary N) is 1. The maximum absolute atomic E-state index is 12.3. The summed E-state index contributed by atoms with van der Waals surface area (Å²) < 4.78 is 11.3. The van der Waals surface area contributed by atoms with Gasteiger partial charge in [0, 0.05) is 6.54 Å². The van der Waals surface area contributed by atoms with Gasteiger partial charge in [0.25, 0.3) is 5.91 Å². The van der Waals surface area contributed by atoms with Crippen LogP contribution in [0.25, 0.3) is 0 Å². The smallest absolute Gasteiger partial charge is 0.264 e. The lowest BCUT2D eigenvalue weighted by molar-refractivity contribution is -0.130. The van der Waals surface area contributed by atoms with E-state index in [-0.39, 0.29) is 12.5 Å². The van der Waals surface area contributed by atoms with E-state index in [9.17, 15) is 4.79 Å². The van der Waals surface area contributed by atoms with Gasteiger partial charge in [0.15, 0.2) is 11.5 Å². The maximum Gasteiger partial charge on any atom is 0.264 e. The van der Waals surface area contributed by atoms with E-state index in [2.05, 4.69) is 33.0 Å². The van der Waals surface area contributed by atoms with E-state index in [0.29, 0.717) is 24.0 Å². The van der Waals surface area contributed by atoms with Gasteiger partial charge >= 0.3 is 0 Å². The molecule has 1 amide bonds. The van der Waals surface area contributed by atoms with E-state index < -0.39 is 6.10 Å². The molecule has 2 rings (SSSR count). The molecule has 1 aliphatic heterocycles. The van der Waals surface area contributed by atoms with Crippen molar-refractivity contribution in [3.8, 4) is 11.5 Å². The fraction of sp³-hybridized carbons (Fsp3) is 0.650. The lowest BCUT2D eigenvalue weighted by Crippen LogP contribution is -2.45. The lowest BCUT2D eigenvalue weighted by atomic mass is 9.91. The predicted molar refractivity (Wildman–Crippen MR) is 96.4 cm³/mol. The summed E-state index contributed by atoms with van der Waals surface area (Å²) >= 11 is 0. The SMILES string of the molecule is CC(C)CC(C)CCC(C)CNC(=O)C1COc2ccccc2O1. The van der Waals surface area contributed by atoms with Crippen LogP contribution in [0.5, 0.6) is 11.5 Å². The molecular formula is C20H31NO3. The van der Waals surface area contributed by atoms with Crippen LogP contribution < -0.4 is 14.8 Å². The normalized spacial score (nSPS) is 19.0. The molecule has 3 atom stereocenters. The molecule has 3 unspecified atom stereocenters. The molecule has 0 fully saturated rings. The van der Waals surface area contributed by atoms with E-state index >= 15 is 0 Å². The second-order valence-electron chi connectivity index (χ2n) is 7.53. The Morgan fingerprint density at radius 2 is 1.79 bits per heavy atom. The predicted octanol–water partition coefficient (Wildman–Crippen LogP) is 4.04. The largest absolute Gasteiger partial charge is 0.485 e.